The van der Waals surface area contributed by atoms with Crippen molar-refractivity contribution in [1.29, 1.82) is 0 Å². The molecule has 0 amide bonds. The van der Waals surface area contributed by atoms with Gasteiger partial charge in [-0.25, -0.2) is 13.2 Å². The van der Waals surface area contributed by atoms with Crippen LogP contribution in [0.5, 0.6) is 0 Å². The highest BCUT2D eigenvalue weighted by Crippen LogP contribution is 2.23. The van der Waals surface area contributed by atoms with Gasteiger partial charge in [-0.1, -0.05) is 18.2 Å². The number of para-hydroxylation sites is 1. The van der Waals surface area contributed by atoms with Crippen LogP contribution in [0.15, 0.2) is 53.4 Å². The lowest BCUT2D eigenvalue weighted by Crippen LogP contribution is -2.22. The largest absolute Gasteiger partial charge is 0.478 e. The molecule has 0 aliphatic rings. The average molecular weight is 364 g/mol. The SMILES string of the molecule is COC[C@H](C)Nc1ccc(S(=O)(=O)Nc2ccccc2)cc1C(=O)O. The fourth-order valence-electron chi connectivity index (χ4n) is 2.27. The fraction of sp³-hybridized carbons (Fsp3) is 0.235. The first-order valence-corrected chi connectivity index (χ1v) is 9.02. The maximum atomic E-state index is 12.5. The summed E-state index contributed by atoms with van der Waals surface area (Å²) in [5, 5.41) is 12.4. The zero-order valence-corrected chi connectivity index (χ0v) is 14.7. The summed E-state index contributed by atoms with van der Waals surface area (Å²) in [6.07, 6.45) is 0. The lowest BCUT2D eigenvalue weighted by molar-refractivity contribution is 0.0697. The number of carboxylic acid groups (broad SMARTS) is 1. The molecule has 2 rings (SSSR count). The first-order valence-electron chi connectivity index (χ1n) is 7.54. The Bertz CT molecular complexity index is 837. The number of ether oxygens (including phenoxy) is 1. The van der Waals surface area contributed by atoms with Gasteiger partial charge in [0.25, 0.3) is 10.0 Å². The molecule has 2 aromatic rings. The molecule has 0 aliphatic carbocycles. The van der Waals surface area contributed by atoms with E-state index in [1.807, 2.05) is 6.92 Å². The summed E-state index contributed by atoms with van der Waals surface area (Å²) >= 11 is 0. The topological polar surface area (TPSA) is 105 Å². The van der Waals surface area contributed by atoms with Crippen molar-refractivity contribution in [2.75, 3.05) is 23.8 Å². The van der Waals surface area contributed by atoms with E-state index in [9.17, 15) is 18.3 Å². The summed E-state index contributed by atoms with van der Waals surface area (Å²) in [7, 11) is -2.35. The number of sulfonamides is 1. The van der Waals surface area contributed by atoms with Crippen LogP contribution >= 0.6 is 0 Å². The number of carbonyl (C=O) groups is 1. The van der Waals surface area contributed by atoms with Gasteiger partial charge in [-0.2, -0.15) is 0 Å². The molecule has 134 valence electrons. The zero-order valence-electron chi connectivity index (χ0n) is 13.9. The highest BCUT2D eigenvalue weighted by atomic mass is 32.2. The Morgan fingerprint density at radius 3 is 2.48 bits per heavy atom. The Morgan fingerprint density at radius 1 is 1.20 bits per heavy atom. The maximum absolute atomic E-state index is 12.5. The minimum atomic E-state index is -3.89. The number of methoxy groups -OCH3 is 1. The molecule has 0 saturated carbocycles. The molecule has 8 heteroatoms. The Balaban J connectivity index is 2.33. The standard InChI is InChI=1S/C17H20N2O5S/c1-12(11-24-2)18-16-9-8-14(10-15(16)17(20)21)25(22,23)19-13-6-4-3-5-7-13/h3-10,12,18-19H,11H2,1-2H3,(H,20,21)/t12-/m0/s1. The van der Waals surface area contributed by atoms with Gasteiger partial charge in [0.15, 0.2) is 0 Å². The summed E-state index contributed by atoms with van der Waals surface area (Å²) in [4.78, 5) is 11.4. The van der Waals surface area contributed by atoms with Crippen molar-refractivity contribution in [2.24, 2.45) is 0 Å². The van der Waals surface area contributed by atoms with Crippen molar-refractivity contribution in [1.82, 2.24) is 0 Å². The Kier molecular flexibility index (Phi) is 6.00. The predicted octanol–water partition coefficient (Wildman–Crippen LogP) is 2.63. The van der Waals surface area contributed by atoms with E-state index in [0.717, 1.165) is 6.07 Å². The van der Waals surface area contributed by atoms with Gasteiger partial charge >= 0.3 is 5.97 Å². The maximum Gasteiger partial charge on any atom is 0.337 e. The Hall–Kier alpha value is -2.58. The second-order valence-corrected chi connectivity index (χ2v) is 7.17. The summed E-state index contributed by atoms with van der Waals surface area (Å²) in [5.74, 6) is -1.22. The number of nitrogens with one attached hydrogen (secondary N) is 2. The molecule has 0 heterocycles. The molecule has 7 nitrogen and oxygen atoms in total. The van der Waals surface area contributed by atoms with Crippen molar-refractivity contribution >= 4 is 27.4 Å². The number of aromatic carboxylic acids is 1. The van der Waals surface area contributed by atoms with Gasteiger partial charge in [-0.3, -0.25) is 4.72 Å². The molecule has 3 N–H and O–H groups in total. The lowest BCUT2D eigenvalue weighted by atomic mass is 10.1. The number of hydrogen-bond donors (Lipinski definition) is 3. The van der Waals surface area contributed by atoms with E-state index in [2.05, 4.69) is 10.0 Å². The lowest BCUT2D eigenvalue weighted by Gasteiger charge is -2.17. The van der Waals surface area contributed by atoms with E-state index in [1.165, 1.54) is 12.1 Å². The van der Waals surface area contributed by atoms with Crippen molar-refractivity contribution in [2.45, 2.75) is 17.9 Å². The van der Waals surface area contributed by atoms with Gasteiger partial charge in [-0.15, -0.1) is 0 Å². The molecule has 0 bridgehead atoms. The second-order valence-electron chi connectivity index (χ2n) is 5.48. The molecular weight excluding hydrogens is 344 g/mol. The van der Waals surface area contributed by atoms with Crippen molar-refractivity contribution in [3.63, 3.8) is 0 Å². The minimum Gasteiger partial charge on any atom is -0.478 e. The van der Waals surface area contributed by atoms with Crippen LogP contribution in [0.25, 0.3) is 0 Å². The van der Waals surface area contributed by atoms with Crippen LogP contribution in [0.1, 0.15) is 17.3 Å². The third kappa shape index (κ3) is 4.94. The normalized spacial score (nSPS) is 12.4. The van der Waals surface area contributed by atoms with Crippen molar-refractivity contribution < 1.29 is 23.1 Å². The molecule has 0 aromatic heterocycles. The van der Waals surface area contributed by atoms with E-state index in [0.29, 0.717) is 18.0 Å². The van der Waals surface area contributed by atoms with E-state index in [4.69, 9.17) is 4.74 Å². The van der Waals surface area contributed by atoms with Crippen LogP contribution in [-0.4, -0.2) is 39.3 Å². The Morgan fingerprint density at radius 2 is 1.88 bits per heavy atom. The van der Waals surface area contributed by atoms with E-state index >= 15 is 0 Å². The molecule has 1 atom stereocenters. The highest BCUT2D eigenvalue weighted by Gasteiger charge is 2.20. The van der Waals surface area contributed by atoms with Crippen LogP contribution in [0.4, 0.5) is 11.4 Å². The summed E-state index contributed by atoms with van der Waals surface area (Å²) in [5.41, 5.74) is 0.602. The first-order chi connectivity index (χ1) is 11.8. The number of carboxylic acids is 1. The molecule has 0 radical (unpaired) electrons. The van der Waals surface area contributed by atoms with E-state index in [1.54, 1.807) is 37.4 Å². The van der Waals surface area contributed by atoms with Crippen molar-refractivity contribution in [3.05, 3.63) is 54.1 Å². The number of benzene rings is 2. The summed E-state index contributed by atoms with van der Waals surface area (Å²) < 4.78 is 32.4. The molecule has 25 heavy (non-hydrogen) atoms. The highest BCUT2D eigenvalue weighted by molar-refractivity contribution is 7.92. The molecule has 0 spiro atoms. The molecule has 0 unspecified atom stereocenters. The summed E-state index contributed by atoms with van der Waals surface area (Å²) in [6.45, 7) is 2.21. The monoisotopic (exact) mass is 364 g/mol. The minimum absolute atomic E-state index is 0.126. The van der Waals surface area contributed by atoms with Gasteiger partial charge < -0.3 is 15.2 Å². The van der Waals surface area contributed by atoms with Gasteiger partial charge in [-0.05, 0) is 37.3 Å². The quantitative estimate of drug-likeness (QED) is 0.665. The van der Waals surface area contributed by atoms with Crippen molar-refractivity contribution in [3.8, 4) is 0 Å². The zero-order chi connectivity index (χ0) is 18.4. The first kappa shape index (κ1) is 18.8. The van der Waals surface area contributed by atoms with Crippen LogP contribution in [-0.2, 0) is 14.8 Å². The molecule has 0 saturated heterocycles. The van der Waals surface area contributed by atoms with Crippen LogP contribution < -0.4 is 10.0 Å². The third-order valence-corrected chi connectivity index (χ3v) is 4.76. The average Bonchev–Trinajstić information content (AvgIpc) is 2.55. The van der Waals surface area contributed by atoms with Gasteiger partial charge in [0, 0.05) is 24.5 Å². The van der Waals surface area contributed by atoms with Gasteiger partial charge in [0.2, 0.25) is 0 Å². The van der Waals surface area contributed by atoms with E-state index in [-0.39, 0.29) is 16.5 Å². The number of rotatable bonds is 8. The fourth-order valence-corrected chi connectivity index (χ4v) is 3.36. The van der Waals surface area contributed by atoms with Crippen LogP contribution in [0.3, 0.4) is 0 Å². The van der Waals surface area contributed by atoms with Crippen LogP contribution in [0, 0.1) is 0 Å². The van der Waals surface area contributed by atoms with Gasteiger partial charge in [0.1, 0.15) is 0 Å². The summed E-state index contributed by atoms with van der Waals surface area (Å²) in [6, 6.07) is 12.2. The third-order valence-electron chi connectivity index (χ3n) is 3.38. The van der Waals surface area contributed by atoms with Gasteiger partial charge in [0.05, 0.1) is 17.1 Å². The smallest absolute Gasteiger partial charge is 0.337 e. The molecule has 0 fully saturated rings. The Labute approximate surface area is 146 Å². The molecule has 2 aromatic carbocycles. The molecular formula is C17H20N2O5S. The molecule has 0 aliphatic heterocycles. The van der Waals surface area contributed by atoms with Crippen LogP contribution in [0.2, 0.25) is 0 Å². The number of anilines is 2. The predicted molar refractivity (Wildman–Crippen MR) is 95.6 cm³/mol. The second kappa shape index (κ2) is 8.00. The van der Waals surface area contributed by atoms with E-state index < -0.39 is 16.0 Å². The number of hydrogen-bond acceptors (Lipinski definition) is 5.